The Labute approximate surface area is 101 Å². The van der Waals surface area contributed by atoms with Gasteiger partial charge in [-0.2, -0.15) is 0 Å². The second-order valence-corrected chi connectivity index (χ2v) is 4.45. The Bertz CT molecular complexity index is 502. The fraction of sp³-hybridized carbons (Fsp3) is 0.182. The minimum Gasteiger partial charge on any atom is -0.369 e. The third-order valence-corrected chi connectivity index (χ3v) is 3.05. The Morgan fingerprint density at radius 2 is 2.25 bits per heavy atom. The van der Waals surface area contributed by atoms with Gasteiger partial charge < -0.3 is 10.3 Å². The zero-order chi connectivity index (χ0) is 11.7. The van der Waals surface area contributed by atoms with Gasteiger partial charge in [0.25, 0.3) is 0 Å². The topological polar surface area (TPSA) is 43.8 Å². The van der Waals surface area contributed by atoms with Gasteiger partial charge in [-0.15, -0.1) is 0 Å². The van der Waals surface area contributed by atoms with E-state index in [9.17, 15) is 4.39 Å². The molecule has 16 heavy (non-hydrogen) atoms. The maximum absolute atomic E-state index is 13.3. The number of nitrogens with zero attached hydrogens (tertiary/aromatic N) is 2. The summed E-state index contributed by atoms with van der Waals surface area (Å²) in [5.74, 6) is 0.176. The number of imidazole rings is 1. The lowest BCUT2D eigenvalue weighted by Crippen LogP contribution is -2.06. The van der Waals surface area contributed by atoms with Gasteiger partial charge >= 0.3 is 0 Å². The number of benzene rings is 1. The molecule has 0 amide bonds. The van der Waals surface area contributed by atoms with Crippen molar-refractivity contribution < 1.29 is 4.39 Å². The number of nitrogen functional groups attached to an aromatic ring is 1. The summed E-state index contributed by atoms with van der Waals surface area (Å²) in [5.41, 5.74) is 7.52. The quantitative estimate of drug-likeness (QED) is 0.921. The molecule has 0 fully saturated rings. The van der Waals surface area contributed by atoms with E-state index in [1.54, 1.807) is 12.3 Å². The monoisotopic (exact) mass is 283 g/mol. The van der Waals surface area contributed by atoms with E-state index in [1.807, 2.05) is 17.6 Å². The van der Waals surface area contributed by atoms with Crippen molar-refractivity contribution in [1.29, 1.82) is 0 Å². The van der Waals surface area contributed by atoms with Gasteiger partial charge in [-0.25, -0.2) is 9.37 Å². The van der Waals surface area contributed by atoms with Gasteiger partial charge in [-0.05, 0) is 40.5 Å². The second kappa shape index (κ2) is 4.25. The van der Waals surface area contributed by atoms with E-state index in [0.29, 0.717) is 17.0 Å². The number of halogens is 2. The van der Waals surface area contributed by atoms with Crippen molar-refractivity contribution in [2.75, 3.05) is 5.73 Å². The second-order valence-electron chi connectivity index (χ2n) is 3.59. The molecule has 0 aliphatic rings. The number of hydrogen-bond donors (Lipinski definition) is 1. The normalized spacial score (nSPS) is 10.7. The lowest BCUT2D eigenvalue weighted by Gasteiger charge is -2.08. The van der Waals surface area contributed by atoms with Crippen molar-refractivity contribution in [2.45, 2.75) is 13.5 Å². The van der Waals surface area contributed by atoms with E-state index in [2.05, 4.69) is 20.9 Å². The van der Waals surface area contributed by atoms with Crippen molar-refractivity contribution in [1.82, 2.24) is 9.55 Å². The average molecular weight is 284 g/mol. The van der Waals surface area contributed by atoms with Gasteiger partial charge in [0.2, 0.25) is 5.95 Å². The van der Waals surface area contributed by atoms with Crippen molar-refractivity contribution >= 4 is 21.9 Å². The van der Waals surface area contributed by atoms with Crippen LogP contribution < -0.4 is 5.73 Å². The average Bonchev–Trinajstić information content (AvgIpc) is 2.55. The summed E-state index contributed by atoms with van der Waals surface area (Å²) in [4.78, 5) is 3.99. The largest absolute Gasteiger partial charge is 0.369 e. The van der Waals surface area contributed by atoms with Crippen LogP contribution in [0, 0.1) is 12.7 Å². The van der Waals surface area contributed by atoms with Crippen molar-refractivity contribution in [3.05, 3.63) is 45.9 Å². The first-order valence-corrected chi connectivity index (χ1v) is 5.59. The minimum absolute atomic E-state index is 0.270. The zero-order valence-electron chi connectivity index (χ0n) is 8.74. The first kappa shape index (κ1) is 11.1. The van der Waals surface area contributed by atoms with Crippen LogP contribution in [0.5, 0.6) is 0 Å². The van der Waals surface area contributed by atoms with E-state index in [4.69, 9.17) is 5.73 Å². The van der Waals surface area contributed by atoms with Gasteiger partial charge in [-0.3, -0.25) is 0 Å². The van der Waals surface area contributed by atoms with Gasteiger partial charge in [0.15, 0.2) is 0 Å². The molecule has 0 atom stereocenters. The molecule has 0 aliphatic carbocycles. The third-order valence-electron chi connectivity index (χ3n) is 2.41. The number of rotatable bonds is 2. The maximum atomic E-state index is 13.3. The molecular weight excluding hydrogens is 273 g/mol. The number of anilines is 1. The predicted molar refractivity (Wildman–Crippen MR) is 64.6 cm³/mol. The lowest BCUT2D eigenvalue weighted by atomic mass is 10.2. The molecule has 84 valence electrons. The molecule has 1 aromatic heterocycles. The fourth-order valence-corrected chi connectivity index (χ4v) is 1.75. The highest BCUT2D eigenvalue weighted by Gasteiger charge is 2.06. The molecule has 2 N–H and O–H groups in total. The molecule has 3 nitrogen and oxygen atoms in total. The molecule has 0 radical (unpaired) electrons. The van der Waals surface area contributed by atoms with Crippen LogP contribution >= 0.6 is 15.9 Å². The Hall–Kier alpha value is -1.36. The Balaban J connectivity index is 2.31. The van der Waals surface area contributed by atoms with E-state index in [0.717, 1.165) is 11.3 Å². The zero-order valence-corrected chi connectivity index (χ0v) is 10.3. The minimum atomic E-state index is -0.270. The molecule has 0 saturated carbocycles. The summed E-state index contributed by atoms with van der Waals surface area (Å²) in [6.07, 6.45) is 1.70. The van der Waals surface area contributed by atoms with Crippen molar-refractivity contribution in [2.24, 2.45) is 0 Å². The fourth-order valence-electron chi connectivity index (χ4n) is 1.51. The van der Waals surface area contributed by atoms with Crippen molar-refractivity contribution in [3.63, 3.8) is 0 Å². The number of aryl methyl sites for hydroxylation is 1. The van der Waals surface area contributed by atoms with E-state index < -0.39 is 0 Å². The van der Waals surface area contributed by atoms with E-state index in [1.165, 1.54) is 6.07 Å². The number of aromatic nitrogens is 2. The van der Waals surface area contributed by atoms with Crippen LogP contribution in [0.4, 0.5) is 10.3 Å². The standard InChI is InChI=1S/C11H11BrFN3/c1-7-5-15-11(14)16(7)6-8-2-3-9(12)10(13)4-8/h2-5H,6H2,1H3,(H2,14,15). The predicted octanol–water partition coefficient (Wildman–Crippen LogP) is 2.72. The maximum Gasteiger partial charge on any atom is 0.200 e. The van der Waals surface area contributed by atoms with Gasteiger partial charge in [0, 0.05) is 5.69 Å². The van der Waals surface area contributed by atoms with Crippen LogP contribution in [0.3, 0.4) is 0 Å². The summed E-state index contributed by atoms with van der Waals surface area (Å²) < 4.78 is 15.6. The Morgan fingerprint density at radius 3 is 2.81 bits per heavy atom. The molecule has 0 unspecified atom stereocenters. The van der Waals surface area contributed by atoms with Gasteiger partial charge in [-0.1, -0.05) is 6.07 Å². The highest BCUT2D eigenvalue weighted by molar-refractivity contribution is 9.10. The molecule has 1 heterocycles. The molecule has 0 spiro atoms. The van der Waals surface area contributed by atoms with E-state index >= 15 is 0 Å². The van der Waals surface area contributed by atoms with Crippen LogP contribution in [0.1, 0.15) is 11.3 Å². The van der Waals surface area contributed by atoms with E-state index in [-0.39, 0.29) is 5.82 Å². The molecule has 0 bridgehead atoms. The molecule has 1 aromatic carbocycles. The first-order valence-electron chi connectivity index (χ1n) is 4.79. The van der Waals surface area contributed by atoms with Gasteiger partial charge in [0.1, 0.15) is 5.82 Å². The van der Waals surface area contributed by atoms with Crippen LogP contribution in [-0.2, 0) is 6.54 Å². The van der Waals surface area contributed by atoms with Crippen LogP contribution in [-0.4, -0.2) is 9.55 Å². The lowest BCUT2D eigenvalue weighted by molar-refractivity contribution is 0.616. The van der Waals surface area contributed by atoms with Crippen LogP contribution in [0.15, 0.2) is 28.9 Å². The van der Waals surface area contributed by atoms with Gasteiger partial charge in [0.05, 0.1) is 17.2 Å². The highest BCUT2D eigenvalue weighted by atomic mass is 79.9. The molecular formula is C11H11BrFN3. The van der Waals surface area contributed by atoms with Crippen LogP contribution in [0.2, 0.25) is 0 Å². The molecule has 0 aliphatic heterocycles. The first-order chi connectivity index (χ1) is 7.58. The van der Waals surface area contributed by atoms with Crippen molar-refractivity contribution in [3.8, 4) is 0 Å². The molecule has 2 aromatic rings. The molecule has 5 heteroatoms. The summed E-state index contributed by atoms with van der Waals surface area (Å²) in [7, 11) is 0. The summed E-state index contributed by atoms with van der Waals surface area (Å²) >= 11 is 3.12. The highest BCUT2D eigenvalue weighted by Crippen LogP contribution is 2.18. The van der Waals surface area contributed by atoms with Crippen LogP contribution in [0.25, 0.3) is 0 Å². The summed E-state index contributed by atoms with van der Waals surface area (Å²) in [6, 6.07) is 5.03. The third kappa shape index (κ3) is 2.09. The Kier molecular flexibility index (Phi) is 2.96. The Morgan fingerprint density at radius 1 is 1.50 bits per heavy atom. The summed E-state index contributed by atoms with van der Waals surface area (Å²) in [6.45, 7) is 2.44. The smallest absolute Gasteiger partial charge is 0.200 e. The molecule has 0 saturated heterocycles. The molecule has 2 rings (SSSR count). The number of nitrogens with two attached hydrogens (primary N) is 1. The number of hydrogen-bond acceptors (Lipinski definition) is 2. The summed E-state index contributed by atoms with van der Waals surface area (Å²) in [5, 5.41) is 0. The SMILES string of the molecule is Cc1cnc(N)n1Cc1ccc(Br)c(F)c1.